The Kier molecular flexibility index (Phi) is 7.71. The van der Waals surface area contributed by atoms with E-state index in [-0.39, 0.29) is 19.0 Å². The minimum absolute atomic E-state index is 0.0833. The summed E-state index contributed by atoms with van der Waals surface area (Å²) in [5.41, 5.74) is 0. The van der Waals surface area contributed by atoms with Gasteiger partial charge in [-0.3, -0.25) is 0 Å². The molecule has 1 atom stereocenters. The van der Waals surface area contributed by atoms with Crippen molar-refractivity contribution in [2.24, 2.45) is 0 Å². The van der Waals surface area contributed by atoms with Crippen molar-refractivity contribution >= 4 is 11.3 Å². The molecule has 0 spiro atoms. The molecule has 0 radical (unpaired) electrons. The molecule has 1 heterocycles. The number of allylic oxidation sites excluding steroid dienone is 1. The number of aliphatic hydroxyl groups is 2. The highest BCUT2D eigenvalue weighted by molar-refractivity contribution is 7.11. The highest BCUT2D eigenvalue weighted by Gasteiger charge is 2.02. The first-order chi connectivity index (χ1) is 7.06. The van der Waals surface area contributed by atoms with Crippen LogP contribution in [-0.4, -0.2) is 29.5 Å². The minimum Gasteiger partial charge on any atom is -0.876 e. The summed E-state index contributed by atoms with van der Waals surface area (Å²) in [6.07, 6.45) is -0.780. The topological polar surface area (TPSA) is 72.8 Å². The maximum absolute atomic E-state index is 9.33. The van der Waals surface area contributed by atoms with E-state index in [9.17, 15) is 5.11 Å². The van der Waals surface area contributed by atoms with Crippen LogP contribution in [-0.2, 0) is 0 Å². The summed E-state index contributed by atoms with van der Waals surface area (Å²) in [7, 11) is 0. The molecule has 0 aliphatic heterocycles. The third-order valence-corrected chi connectivity index (χ3v) is 1.90. The summed E-state index contributed by atoms with van der Waals surface area (Å²) in [5.74, 6) is -0.0833. The van der Waals surface area contributed by atoms with E-state index in [1.807, 2.05) is 17.5 Å². The van der Waals surface area contributed by atoms with Gasteiger partial charge < -0.3 is 20.1 Å². The van der Waals surface area contributed by atoms with E-state index in [1.54, 1.807) is 0 Å². The van der Waals surface area contributed by atoms with Crippen LogP contribution in [0.2, 0.25) is 0 Å². The lowest BCUT2D eigenvalue weighted by atomic mass is 10.4. The van der Waals surface area contributed by atoms with Crippen LogP contribution in [0.3, 0.4) is 0 Å². The Hall–Kier alpha value is -1.04. The van der Waals surface area contributed by atoms with Crippen LogP contribution in [0, 0.1) is 0 Å². The highest BCUT2D eigenvalue weighted by Crippen LogP contribution is 2.17. The highest BCUT2D eigenvalue weighted by atomic mass is 32.1. The molecule has 1 aromatic heterocycles. The van der Waals surface area contributed by atoms with Gasteiger partial charge in [-0.15, -0.1) is 23.7 Å². The molecule has 86 valence electrons. The van der Waals surface area contributed by atoms with Gasteiger partial charge >= 0.3 is 0 Å². The normalized spacial score (nSPS) is 11.1. The van der Waals surface area contributed by atoms with E-state index in [2.05, 4.69) is 6.58 Å². The van der Waals surface area contributed by atoms with Crippen LogP contribution >= 0.6 is 11.3 Å². The molecular formula is C10H15O4S-. The monoisotopic (exact) mass is 231 g/mol. The van der Waals surface area contributed by atoms with Crippen molar-refractivity contribution in [2.75, 3.05) is 13.2 Å². The molecule has 0 fully saturated rings. The molecule has 0 aliphatic carbocycles. The molecule has 0 saturated heterocycles. The largest absolute Gasteiger partial charge is 0.876 e. The summed E-state index contributed by atoms with van der Waals surface area (Å²) < 4.78 is 5.11. The molecule has 0 bridgehead atoms. The summed E-state index contributed by atoms with van der Waals surface area (Å²) in [4.78, 5) is 0. The molecular weight excluding hydrogens is 216 g/mol. The first-order valence-corrected chi connectivity index (χ1v) is 5.22. The molecule has 5 heteroatoms. The summed E-state index contributed by atoms with van der Waals surface area (Å²) >= 11 is 1.46. The van der Waals surface area contributed by atoms with Gasteiger partial charge in [0.2, 0.25) is 0 Å². The second kappa shape index (κ2) is 8.28. The van der Waals surface area contributed by atoms with E-state index in [4.69, 9.17) is 14.9 Å². The fourth-order valence-corrected chi connectivity index (χ4v) is 1.16. The van der Waals surface area contributed by atoms with Crippen LogP contribution in [0.4, 0.5) is 0 Å². The lowest BCUT2D eigenvalue weighted by molar-refractivity contribution is -0.300. The van der Waals surface area contributed by atoms with E-state index < -0.39 is 6.10 Å². The van der Waals surface area contributed by atoms with E-state index in [1.165, 1.54) is 18.3 Å². The molecule has 1 unspecified atom stereocenters. The second-order valence-electron chi connectivity index (χ2n) is 2.78. The molecule has 1 aromatic rings. The molecule has 2 N–H and O–H groups in total. The quantitative estimate of drug-likeness (QED) is 0.734. The maximum Gasteiger partial charge on any atom is 0.173 e. The second-order valence-corrected chi connectivity index (χ2v) is 3.69. The average Bonchev–Trinajstić information content (AvgIpc) is 2.65. The summed E-state index contributed by atoms with van der Waals surface area (Å²) in [6, 6.07) is 3.68. The Balaban J connectivity index is 0.000000423. The Bertz CT molecular complexity index is 254. The zero-order chi connectivity index (χ0) is 11.7. The number of aliphatic hydroxyl groups excluding tert-OH is 2. The summed E-state index contributed by atoms with van der Waals surface area (Å²) in [6.45, 7) is 4.31. The van der Waals surface area contributed by atoms with Crippen molar-refractivity contribution in [3.63, 3.8) is 0 Å². The summed E-state index contributed by atoms with van der Waals surface area (Å²) in [5, 5.41) is 29.3. The van der Waals surface area contributed by atoms with E-state index in [0.717, 1.165) is 5.06 Å². The van der Waals surface area contributed by atoms with Gasteiger partial charge in [0, 0.05) is 0 Å². The number of thiophene rings is 1. The van der Waals surface area contributed by atoms with Gasteiger partial charge in [0.15, 0.2) is 5.06 Å². The number of ether oxygens (including phenoxy) is 1. The van der Waals surface area contributed by atoms with Gasteiger partial charge in [-0.25, -0.2) is 0 Å². The number of hydrogen-bond acceptors (Lipinski definition) is 5. The van der Waals surface area contributed by atoms with Crippen molar-refractivity contribution in [1.82, 2.24) is 0 Å². The van der Waals surface area contributed by atoms with Crippen molar-refractivity contribution < 1.29 is 20.1 Å². The lowest BCUT2D eigenvalue weighted by Crippen LogP contribution is -2.20. The molecule has 4 nitrogen and oxygen atoms in total. The number of hydrogen-bond donors (Lipinski definition) is 2. The molecule has 0 aromatic carbocycles. The van der Waals surface area contributed by atoms with Crippen LogP contribution in [0.15, 0.2) is 29.9 Å². The van der Waals surface area contributed by atoms with Gasteiger partial charge in [-0.1, -0.05) is 6.92 Å². The first kappa shape index (κ1) is 14.0. The van der Waals surface area contributed by atoms with Crippen LogP contribution < -0.4 is 9.84 Å². The smallest absolute Gasteiger partial charge is 0.173 e. The van der Waals surface area contributed by atoms with Crippen molar-refractivity contribution in [1.29, 1.82) is 0 Å². The van der Waals surface area contributed by atoms with Gasteiger partial charge in [0.1, 0.15) is 12.7 Å². The third-order valence-electron chi connectivity index (χ3n) is 1.12. The van der Waals surface area contributed by atoms with Crippen LogP contribution in [0.5, 0.6) is 5.06 Å². The lowest BCUT2D eigenvalue weighted by Gasteiger charge is -2.06. The molecule has 0 amide bonds. The molecule has 1 rings (SSSR count). The minimum atomic E-state index is -0.780. The molecule has 0 aliphatic rings. The van der Waals surface area contributed by atoms with Gasteiger partial charge in [-0.05, 0) is 17.5 Å². The van der Waals surface area contributed by atoms with Gasteiger partial charge in [0.05, 0.1) is 6.61 Å². The third kappa shape index (κ3) is 9.27. The average molecular weight is 231 g/mol. The Morgan fingerprint density at radius 2 is 2.33 bits per heavy atom. The SMILES string of the molecule is C=C(C)[O-].OCC(O)COc1cccs1. The fourth-order valence-electron chi connectivity index (χ4n) is 0.577. The number of rotatable bonds is 4. The maximum atomic E-state index is 9.33. The first-order valence-electron chi connectivity index (χ1n) is 4.34. The molecule has 0 saturated carbocycles. The van der Waals surface area contributed by atoms with E-state index in [0.29, 0.717) is 0 Å². The van der Waals surface area contributed by atoms with Gasteiger partial charge in [-0.2, -0.15) is 0 Å². The van der Waals surface area contributed by atoms with E-state index >= 15 is 0 Å². The van der Waals surface area contributed by atoms with Crippen molar-refractivity contribution in [2.45, 2.75) is 13.0 Å². The van der Waals surface area contributed by atoms with Crippen molar-refractivity contribution in [3.8, 4) is 5.06 Å². The Labute approximate surface area is 93.1 Å². The Morgan fingerprint density at radius 1 is 1.73 bits per heavy atom. The standard InChI is InChI=1S/C7H10O3S.C3H6O/c8-4-6(9)5-10-7-2-1-3-11-7;1-3(2)4/h1-3,6,8-9H,4-5H2;4H,1H2,2H3/p-1. The van der Waals surface area contributed by atoms with Gasteiger partial charge in [0.25, 0.3) is 0 Å². The Morgan fingerprint density at radius 3 is 2.73 bits per heavy atom. The van der Waals surface area contributed by atoms with Crippen LogP contribution in [0.25, 0.3) is 0 Å². The predicted octanol–water partition coefficient (Wildman–Crippen LogP) is 0.360. The fraction of sp³-hybridized carbons (Fsp3) is 0.400. The predicted molar refractivity (Wildman–Crippen MR) is 57.7 cm³/mol. The molecule has 15 heavy (non-hydrogen) atoms. The van der Waals surface area contributed by atoms with Crippen LogP contribution in [0.1, 0.15) is 6.92 Å². The zero-order valence-electron chi connectivity index (χ0n) is 8.55. The zero-order valence-corrected chi connectivity index (χ0v) is 9.37. The van der Waals surface area contributed by atoms with Crippen molar-refractivity contribution in [3.05, 3.63) is 29.9 Å².